The molecule has 1 aromatic carbocycles. The van der Waals surface area contributed by atoms with Crippen molar-refractivity contribution in [1.29, 1.82) is 0 Å². The highest BCUT2D eigenvalue weighted by Gasteiger charge is 2.31. The topological polar surface area (TPSA) is 38.3 Å². The number of hydrogen-bond acceptors (Lipinski definition) is 4. The lowest BCUT2D eigenvalue weighted by Gasteiger charge is -2.25. The second-order valence-electron chi connectivity index (χ2n) is 4.72. The lowest BCUT2D eigenvalue weighted by atomic mass is 9.97. The Morgan fingerprint density at radius 2 is 2.05 bits per heavy atom. The Morgan fingerprint density at radius 1 is 1.37 bits per heavy atom. The zero-order chi connectivity index (χ0) is 14.1. The van der Waals surface area contributed by atoms with Crippen molar-refractivity contribution in [1.82, 2.24) is 5.32 Å². The molecular weight excluding hydrogens is 258 g/mol. The Hall–Kier alpha value is -1.00. The van der Waals surface area contributed by atoms with Gasteiger partial charge in [-0.05, 0) is 38.1 Å². The normalized spacial score (nSPS) is 13.8. The number of methoxy groups -OCH3 is 1. The Kier molecular flexibility index (Phi) is 6.95. The van der Waals surface area contributed by atoms with Crippen molar-refractivity contribution in [2.24, 2.45) is 0 Å². The van der Waals surface area contributed by atoms with E-state index in [2.05, 4.69) is 29.6 Å². The number of benzene rings is 1. The van der Waals surface area contributed by atoms with E-state index < -0.39 is 5.54 Å². The summed E-state index contributed by atoms with van der Waals surface area (Å²) >= 11 is 1.90. The van der Waals surface area contributed by atoms with Crippen molar-refractivity contribution in [3.05, 3.63) is 35.9 Å². The van der Waals surface area contributed by atoms with Crippen LogP contribution in [0.1, 0.15) is 25.3 Å². The first-order chi connectivity index (χ1) is 9.12. The Morgan fingerprint density at radius 3 is 2.63 bits per heavy atom. The number of esters is 1. The summed E-state index contributed by atoms with van der Waals surface area (Å²) in [5.74, 6) is 1.88. The van der Waals surface area contributed by atoms with E-state index in [4.69, 9.17) is 4.74 Å². The lowest BCUT2D eigenvalue weighted by molar-refractivity contribution is -0.148. The number of carbonyl (C=O) groups is 1. The number of nitrogens with one attached hydrogen (secondary N) is 1. The molecule has 1 atom stereocenters. The minimum Gasteiger partial charge on any atom is -0.468 e. The van der Waals surface area contributed by atoms with E-state index in [9.17, 15) is 4.79 Å². The van der Waals surface area contributed by atoms with E-state index >= 15 is 0 Å². The fraction of sp³-hybridized carbons (Fsp3) is 0.533. The van der Waals surface area contributed by atoms with Crippen LogP contribution in [0.2, 0.25) is 0 Å². The number of ether oxygens (including phenoxy) is 1. The third kappa shape index (κ3) is 5.25. The van der Waals surface area contributed by atoms with Crippen LogP contribution < -0.4 is 5.32 Å². The summed E-state index contributed by atoms with van der Waals surface area (Å²) in [5, 5.41) is 3.05. The first-order valence-corrected chi connectivity index (χ1v) is 7.67. The van der Waals surface area contributed by atoms with Crippen LogP contribution in [-0.4, -0.2) is 31.4 Å². The van der Waals surface area contributed by atoms with Crippen LogP contribution >= 0.6 is 11.8 Å². The third-order valence-electron chi connectivity index (χ3n) is 3.26. The van der Waals surface area contributed by atoms with E-state index in [0.717, 1.165) is 24.3 Å². The lowest BCUT2D eigenvalue weighted by Crippen LogP contribution is -2.48. The largest absolute Gasteiger partial charge is 0.468 e. The van der Waals surface area contributed by atoms with Crippen molar-refractivity contribution in [3.8, 4) is 0 Å². The molecule has 3 nitrogen and oxygen atoms in total. The molecule has 19 heavy (non-hydrogen) atoms. The van der Waals surface area contributed by atoms with Crippen molar-refractivity contribution >= 4 is 17.7 Å². The molecule has 1 N–H and O–H groups in total. The van der Waals surface area contributed by atoms with Gasteiger partial charge < -0.3 is 10.1 Å². The molecule has 0 heterocycles. The maximum atomic E-state index is 11.7. The molecule has 1 unspecified atom stereocenters. The number of likely N-dealkylation sites (N-methyl/N-ethyl adjacent to an activating group) is 1. The monoisotopic (exact) mass is 281 g/mol. The number of hydrogen-bond donors (Lipinski definition) is 1. The van der Waals surface area contributed by atoms with Gasteiger partial charge in [0, 0.05) is 5.75 Å². The van der Waals surface area contributed by atoms with E-state index in [-0.39, 0.29) is 5.97 Å². The molecule has 1 aromatic rings. The summed E-state index contributed by atoms with van der Waals surface area (Å²) in [6.45, 7) is 1.89. The average Bonchev–Trinajstić information content (AvgIpc) is 2.46. The average molecular weight is 281 g/mol. The van der Waals surface area contributed by atoms with E-state index in [1.165, 1.54) is 12.7 Å². The Balaban J connectivity index is 2.25. The second kappa shape index (κ2) is 8.23. The summed E-state index contributed by atoms with van der Waals surface area (Å²) in [5.41, 5.74) is 0.777. The highest BCUT2D eigenvalue weighted by molar-refractivity contribution is 7.98. The maximum absolute atomic E-state index is 11.7. The van der Waals surface area contributed by atoms with Crippen LogP contribution in [0, 0.1) is 0 Å². The van der Waals surface area contributed by atoms with Gasteiger partial charge in [0.15, 0.2) is 0 Å². The molecule has 0 fully saturated rings. The van der Waals surface area contributed by atoms with Crippen LogP contribution in [0.5, 0.6) is 0 Å². The molecular formula is C15H23NO2S. The minimum absolute atomic E-state index is 0.192. The van der Waals surface area contributed by atoms with E-state index in [1.54, 1.807) is 7.05 Å². The summed E-state index contributed by atoms with van der Waals surface area (Å²) in [7, 11) is 3.23. The first-order valence-electron chi connectivity index (χ1n) is 6.51. The molecule has 0 bridgehead atoms. The van der Waals surface area contributed by atoms with Crippen LogP contribution in [0.25, 0.3) is 0 Å². The zero-order valence-electron chi connectivity index (χ0n) is 11.9. The van der Waals surface area contributed by atoms with Gasteiger partial charge in [0.2, 0.25) is 0 Å². The smallest absolute Gasteiger partial charge is 0.325 e. The van der Waals surface area contributed by atoms with Gasteiger partial charge in [-0.2, -0.15) is 11.8 Å². The highest BCUT2D eigenvalue weighted by Crippen LogP contribution is 2.18. The van der Waals surface area contributed by atoms with Gasteiger partial charge in [-0.25, -0.2) is 0 Å². The van der Waals surface area contributed by atoms with Crippen LogP contribution in [0.3, 0.4) is 0 Å². The van der Waals surface area contributed by atoms with Crippen LogP contribution in [0.15, 0.2) is 30.3 Å². The summed E-state index contributed by atoms with van der Waals surface area (Å²) in [6.07, 6.45) is 1.78. The maximum Gasteiger partial charge on any atom is 0.325 e. The molecule has 0 spiro atoms. The van der Waals surface area contributed by atoms with Crippen molar-refractivity contribution in [3.63, 3.8) is 0 Å². The third-order valence-corrected chi connectivity index (χ3v) is 4.38. The van der Waals surface area contributed by atoms with Crippen LogP contribution in [-0.2, 0) is 15.3 Å². The molecule has 1 rings (SSSR count). The zero-order valence-corrected chi connectivity index (χ0v) is 12.8. The fourth-order valence-electron chi connectivity index (χ4n) is 1.85. The number of carbonyl (C=O) groups excluding carboxylic acids is 1. The Bertz CT molecular complexity index is 383. The van der Waals surface area contributed by atoms with Gasteiger partial charge in [0.05, 0.1) is 7.11 Å². The predicted octanol–water partition coefficient (Wildman–Crippen LogP) is 2.85. The van der Waals surface area contributed by atoms with Gasteiger partial charge in [-0.15, -0.1) is 0 Å². The SMILES string of the molecule is CNC(C)(CCCSCc1ccccc1)C(=O)OC. The van der Waals surface area contributed by atoms with E-state index in [0.29, 0.717) is 0 Å². The quantitative estimate of drug-likeness (QED) is 0.587. The van der Waals surface area contributed by atoms with Crippen molar-refractivity contribution in [2.75, 3.05) is 19.9 Å². The van der Waals surface area contributed by atoms with Gasteiger partial charge in [-0.1, -0.05) is 30.3 Å². The predicted molar refractivity (Wildman–Crippen MR) is 81.3 cm³/mol. The fourth-order valence-corrected chi connectivity index (χ4v) is 2.77. The van der Waals surface area contributed by atoms with Crippen LogP contribution in [0.4, 0.5) is 0 Å². The molecule has 0 amide bonds. The molecule has 0 aromatic heterocycles. The summed E-state index contributed by atoms with van der Waals surface area (Å²) in [4.78, 5) is 11.7. The van der Waals surface area contributed by atoms with Gasteiger partial charge in [-0.3, -0.25) is 4.79 Å². The molecule has 0 radical (unpaired) electrons. The number of thioether (sulfide) groups is 1. The van der Waals surface area contributed by atoms with Gasteiger partial charge in [0.25, 0.3) is 0 Å². The minimum atomic E-state index is -0.567. The van der Waals surface area contributed by atoms with Crippen molar-refractivity contribution in [2.45, 2.75) is 31.1 Å². The van der Waals surface area contributed by atoms with Gasteiger partial charge >= 0.3 is 5.97 Å². The molecule has 0 saturated heterocycles. The standard InChI is InChI=1S/C15H23NO2S/c1-15(16-2,14(17)18-3)10-7-11-19-12-13-8-5-4-6-9-13/h4-6,8-9,16H,7,10-12H2,1-3H3. The number of rotatable bonds is 8. The molecule has 0 aliphatic heterocycles. The Labute approximate surface area is 120 Å². The molecule has 0 aliphatic carbocycles. The van der Waals surface area contributed by atoms with E-state index in [1.807, 2.05) is 24.8 Å². The molecule has 106 valence electrons. The highest BCUT2D eigenvalue weighted by atomic mass is 32.2. The first kappa shape index (κ1) is 16.1. The van der Waals surface area contributed by atoms with Gasteiger partial charge in [0.1, 0.15) is 5.54 Å². The molecule has 0 saturated carbocycles. The molecule has 0 aliphatic rings. The molecule has 4 heteroatoms. The van der Waals surface area contributed by atoms with Crippen molar-refractivity contribution < 1.29 is 9.53 Å². The second-order valence-corrected chi connectivity index (χ2v) is 5.82. The summed E-state index contributed by atoms with van der Waals surface area (Å²) in [6, 6.07) is 10.4. The summed E-state index contributed by atoms with van der Waals surface area (Å²) < 4.78 is 4.82.